The Morgan fingerprint density at radius 3 is 1.09 bits per heavy atom. The lowest BCUT2D eigenvalue weighted by atomic mass is 9.77. The SMILES string of the molecule is Cc1cc(C(c2ccc3ccccc3c2)c2ccc3ccccc3c2)c(-[n+]2cc3cccc(-c4c(C(C)C)cc(C(C)C)cc4C(C)C)n3c2)c(C(c2ccc3ccccc3c2)c2ccc3ccccc3c2)c1.[Cl-]. The molecule has 0 saturated heterocycles. The van der Waals surface area contributed by atoms with Crippen molar-refractivity contribution in [2.24, 2.45) is 0 Å². The summed E-state index contributed by atoms with van der Waals surface area (Å²) in [5, 5.41) is 9.92. The summed E-state index contributed by atoms with van der Waals surface area (Å²) in [4.78, 5) is 0. The monoisotopic (exact) mass is 978 g/mol. The van der Waals surface area contributed by atoms with E-state index in [1.54, 1.807) is 0 Å². The van der Waals surface area contributed by atoms with E-state index in [1.165, 1.54) is 116 Å². The maximum absolute atomic E-state index is 2.49. The molecule has 0 radical (unpaired) electrons. The van der Waals surface area contributed by atoms with Gasteiger partial charge in [0.25, 0.3) is 6.33 Å². The van der Waals surface area contributed by atoms with Crippen molar-refractivity contribution >= 4 is 48.6 Å². The van der Waals surface area contributed by atoms with Gasteiger partial charge in [-0.05, 0) is 119 Å². The number of hydrogen-bond acceptors (Lipinski definition) is 0. The van der Waals surface area contributed by atoms with Gasteiger partial charge in [0.15, 0.2) is 5.52 Å². The van der Waals surface area contributed by atoms with Gasteiger partial charge in [-0.3, -0.25) is 0 Å². The van der Waals surface area contributed by atoms with Crippen LogP contribution in [-0.4, -0.2) is 4.40 Å². The largest absolute Gasteiger partial charge is 1.00 e. The lowest BCUT2D eigenvalue weighted by Crippen LogP contribution is -3.00. The standard InChI is InChI=1S/C71H63N2.ClH/c1-45(2)61-41-63(46(3)4)70(64(42-61)47(5)6)67-26-16-25-62-43-72(44-73(62)67)71-65(68(57-31-27-49-17-8-12-21-53(49)37-57)58-32-28-50-18-9-13-22-54(50)38-58)35-48(7)36-66(71)69(59-33-29-51-19-10-14-23-55(51)39-59)60-34-30-52-20-11-15-24-56(52)40-60;/h8-47,68-69H,1-7H3;1H/q+1;/p-1. The van der Waals surface area contributed by atoms with E-state index in [1.807, 2.05) is 0 Å². The molecule has 364 valence electrons. The third kappa shape index (κ3) is 8.86. The fourth-order valence-electron chi connectivity index (χ4n) is 11.9. The molecule has 0 fully saturated rings. The summed E-state index contributed by atoms with van der Waals surface area (Å²) in [7, 11) is 0. The molecule has 12 rings (SSSR count). The van der Waals surface area contributed by atoms with E-state index in [4.69, 9.17) is 0 Å². The van der Waals surface area contributed by atoms with E-state index in [2.05, 4.69) is 282 Å². The third-order valence-corrected chi connectivity index (χ3v) is 15.6. The summed E-state index contributed by atoms with van der Waals surface area (Å²) in [5.74, 6) is 0.886. The predicted molar refractivity (Wildman–Crippen MR) is 309 cm³/mol. The first kappa shape index (κ1) is 48.5. The molecule has 0 N–H and O–H groups in total. The van der Waals surface area contributed by atoms with Gasteiger partial charge in [-0.25, -0.2) is 4.57 Å². The number of imidazole rings is 1. The highest BCUT2D eigenvalue weighted by atomic mass is 35.5. The Kier molecular flexibility index (Phi) is 13.0. The first-order valence-electron chi connectivity index (χ1n) is 26.4. The lowest BCUT2D eigenvalue weighted by molar-refractivity contribution is -0.595. The van der Waals surface area contributed by atoms with Gasteiger partial charge in [-0.2, -0.15) is 4.40 Å². The van der Waals surface area contributed by atoms with Crippen molar-refractivity contribution in [3.05, 3.63) is 280 Å². The van der Waals surface area contributed by atoms with Crippen LogP contribution in [0.5, 0.6) is 0 Å². The zero-order valence-electron chi connectivity index (χ0n) is 43.5. The average molecular weight is 980 g/mol. The molecule has 0 spiro atoms. The summed E-state index contributed by atoms with van der Waals surface area (Å²) in [5.41, 5.74) is 17.9. The van der Waals surface area contributed by atoms with Gasteiger partial charge in [0.1, 0.15) is 17.6 Å². The molecule has 2 aromatic heterocycles. The number of aromatic nitrogens is 2. The molecule has 0 unspecified atom stereocenters. The normalized spacial score (nSPS) is 11.9. The fourth-order valence-corrected chi connectivity index (χ4v) is 11.9. The van der Waals surface area contributed by atoms with Gasteiger partial charge in [0.05, 0.1) is 0 Å². The van der Waals surface area contributed by atoms with Gasteiger partial charge in [-0.1, -0.05) is 247 Å². The molecule has 2 heterocycles. The average Bonchev–Trinajstić information content (AvgIpc) is 3.85. The highest BCUT2D eigenvalue weighted by Gasteiger charge is 2.33. The number of nitrogens with zero attached hydrogens (tertiary/aromatic N) is 2. The van der Waals surface area contributed by atoms with Gasteiger partial charge < -0.3 is 12.4 Å². The molecule has 10 aromatic carbocycles. The van der Waals surface area contributed by atoms with Crippen molar-refractivity contribution in [3.8, 4) is 16.9 Å². The Hall–Kier alpha value is -7.78. The van der Waals surface area contributed by atoms with E-state index >= 15 is 0 Å². The molecule has 3 heteroatoms. The fraction of sp³-hybridized carbons (Fsp3) is 0.169. The van der Waals surface area contributed by atoms with Crippen LogP contribution in [0.1, 0.15) is 127 Å². The Morgan fingerprint density at radius 1 is 0.351 bits per heavy atom. The van der Waals surface area contributed by atoms with E-state index in [0.29, 0.717) is 17.8 Å². The van der Waals surface area contributed by atoms with Crippen LogP contribution in [0.4, 0.5) is 0 Å². The molecule has 0 amide bonds. The third-order valence-electron chi connectivity index (χ3n) is 15.6. The Labute approximate surface area is 443 Å². The zero-order chi connectivity index (χ0) is 49.9. The second kappa shape index (κ2) is 19.9. The molecule has 0 atom stereocenters. The molecular formula is C71H63ClN2. The van der Waals surface area contributed by atoms with Crippen LogP contribution in [0.2, 0.25) is 0 Å². The van der Waals surface area contributed by atoms with Crippen LogP contribution in [0.15, 0.2) is 225 Å². The topological polar surface area (TPSA) is 8.29 Å². The minimum Gasteiger partial charge on any atom is -1.00 e. The van der Waals surface area contributed by atoms with Crippen molar-refractivity contribution < 1.29 is 17.0 Å². The van der Waals surface area contributed by atoms with Crippen molar-refractivity contribution in [2.45, 2.75) is 78.1 Å². The zero-order valence-corrected chi connectivity index (χ0v) is 44.3. The van der Waals surface area contributed by atoms with Crippen LogP contribution in [0.25, 0.3) is 65.6 Å². The maximum atomic E-state index is 2.49. The molecule has 0 saturated carbocycles. The Balaban J connectivity index is 0.00000588. The molecule has 74 heavy (non-hydrogen) atoms. The minimum absolute atomic E-state index is 0. The number of aryl methyl sites for hydroxylation is 1. The van der Waals surface area contributed by atoms with Crippen LogP contribution in [0, 0.1) is 6.92 Å². The molecule has 0 aliphatic heterocycles. The maximum Gasteiger partial charge on any atom is 0.254 e. The van der Waals surface area contributed by atoms with Crippen molar-refractivity contribution in [1.82, 2.24) is 4.40 Å². The second-order valence-corrected chi connectivity index (χ2v) is 21.5. The first-order valence-corrected chi connectivity index (χ1v) is 26.4. The molecule has 0 aliphatic carbocycles. The van der Waals surface area contributed by atoms with E-state index < -0.39 is 0 Å². The number of fused-ring (bicyclic) bond motifs is 5. The van der Waals surface area contributed by atoms with Gasteiger partial charge in [0.2, 0.25) is 0 Å². The number of pyridine rings is 1. The number of hydrogen-bond donors (Lipinski definition) is 0. The summed E-state index contributed by atoms with van der Waals surface area (Å²) >= 11 is 0. The van der Waals surface area contributed by atoms with Crippen molar-refractivity contribution in [1.29, 1.82) is 0 Å². The molecule has 2 nitrogen and oxygen atoms in total. The van der Waals surface area contributed by atoms with Gasteiger partial charge >= 0.3 is 0 Å². The highest BCUT2D eigenvalue weighted by Crippen LogP contribution is 2.45. The van der Waals surface area contributed by atoms with Gasteiger partial charge in [0, 0.05) is 28.5 Å². The smallest absolute Gasteiger partial charge is 0.254 e. The lowest BCUT2D eigenvalue weighted by Gasteiger charge is -2.27. The van der Waals surface area contributed by atoms with Crippen LogP contribution >= 0.6 is 0 Å². The highest BCUT2D eigenvalue weighted by molar-refractivity contribution is 5.87. The van der Waals surface area contributed by atoms with Crippen LogP contribution in [0.3, 0.4) is 0 Å². The number of rotatable bonds is 11. The summed E-state index contributed by atoms with van der Waals surface area (Å²) < 4.78 is 4.96. The Morgan fingerprint density at radius 2 is 0.730 bits per heavy atom. The summed E-state index contributed by atoms with van der Waals surface area (Å²) in [6.45, 7) is 16.4. The summed E-state index contributed by atoms with van der Waals surface area (Å²) in [6, 6.07) is 80.5. The first-order chi connectivity index (χ1) is 35.6. The van der Waals surface area contributed by atoms with E-state index in [0.717, 1.165) is 5.52 Å². The molecule has 12 aromatic rings. The molecule has 0 bridgehead atoms. The summed E-state index contributed by atoms with van der Waals surface area (Å²) in [6.07, 6.45) is 4.78. The quantitative estimate of drug-likeness (QED) is 0.0902. The molecular weight excluding hydrogens is 916 g/mol. The van der Waals surface area contributed by atoms with Crippen LogP contribution in [-0.2, 0) is 0 Å². The minimum atomic E-state index is -0.115. The predicted octanol–water partition coefficient (Wildman–Crippen LogP) is 15.5. The van der Waals surface area contributed by atoms with Crippen molar-refractivity contribution in [2.75, 3.05) is 0 Å². The Bertz CT molecular complexity index is 3690. The number of halogens is 1. The van der Waals surface area contributed by atoms with Gasteiger partial charge in [-0.15, -0.1) is 0 Å². The van der Waals surface area contributed by atoms with E-state index in [-0.39, 0.29) is 24.2 Å². The molecule has 0 aliphatic rings. The van der Waals surface area contributed by atoms with E-state index in [9.17, 15) is 0 Å². The second-order valence-electron chi connectivity index (χ2n) is 21.5. The number of benzene rings is 10. The van der Waals surface area contributed by atoms with Crippen molar-refractivity contribution in [3.63, 3.8) is 0 Å². The van der Waals surface area contributed by atoms with Crippen LogP contribution < -0.4 is 17.0 Å².